The quantitative estimate of drug-likeness (QED) is 0.672. The van der Waals surface area contributed by atoms with Gasteiger partial charge in [0.25, 0.3) is 0 Å². The van der Waals surface area contributed by atoms with Crippen LogP contribution in [0.1, 0.15) is 39.0 Å². The minimum atomic E-state index is -3.60. The SMILES string of the molecule is CCC1C(=O)NC(=O)CN1S(=O)(=O)CCC1CCCCN1. The van der Waals surface area contributed by atoms with Crippen LogP contribution in [0.15, 0.2) is 0 Å². The highest BCUT2D eigenvalue weighted by molar-refractivity contribution is 7.89. The van der Waals surface area contributed by atoms with Gasteiger partial charge in [-0.15, -0.1) is 0 Å². The Kier molecular flexibility index (Phi) is 5.34. The number of rotatable bonds is 5. The Morgan fingerprint density at radius 1 is 1.29 bits per heavy atom. The van der Waals surface area contributed by atoms with E-state index in [9.17, 15) is 18.0 Å². The van der Waals surface area contributed by atoms with Crippen LogP contribution < -0.4 is 10.6 Å². The molecule has 0 aromatic carbocycles. The molecule has 2 N–H and O–H groups in total. The van der Waals surface area contributed by atoms with Crippen molar-refractivity contribution in [2.75, 3.05) is 18.8 Å². The Balaban J connectivity index is 2.02. The molecule has 120 valence electrons. The molecule has 7 nitrogen and oxygen atoms in total. The van der Waals surface area contributed by atoms with Gasteiger partial charge in [-0.05, 0) is 32.2 Å². The van der Waals surface area contributed by atoms with E-state index in [-0.39, 0.29) is 18.3 Å². The van der Waals surface area contributed by atoms with Gasteiger partial charge in [0, 0.05) is 6.04 Å². The van der Waals surface area contributed by atoms with Crippen LogP contribution in [-0.2, 0) is 19.6 Å². The van der Waals surface area contributed by atoms with E-state index in [4.69, 9.17) is 0 Å². The first-order valence-electron chi connectivity index (χ1n) is 7.50. The maximum absolute atomic E-state index is 12.5. The fourth-order valence-electron chi connectivity index (χ4n) is 2.90. The highest BCUT2D eigenvalue weighted by Gasteiger charge is 2.39. The zero-order valence-corrected chi connectivity index (χ0v) is 13.1. The molecule has 0 radical (unpaired) electrons. The fourth-order valence-corrected chi connectivity index (χ4v) is 4.67. The van der Waals surface area contributed by atoms with Gasteiger partial charge in [-0.1, -0.05) is 13.3 Å². The van der Waals surface area contributed by atoms with Gasteiger partial charge >= 0.3 is 0 Å². The maximum atomic E-state index is 12.5. The Morgan fingerprint density at radius 2 is 2.05 bits per heavy atom. The largest absolute Gasteiger partial charge is 0.314 e. The number of amides is 2. The number of sulfonamides is 1. The molecule has 2 fully saturated rings. The van der Waals surface area contributed by atoms with Crippen molar-refractivity contribution in [1.82, 2.24) is 14.9 Å². The van der Waals surface area contributed by atoms with Crippen LogP contribution >= 0.6 is 0 Å². The lowest BCUT2D eigenvalue weighted by molar-refractivity contribution is -0.137. The van der Waals surface area contributed by atoms with Gasteiger partial charge in [0.1, 0.15) is 6.04 Å². The molecule has 21 heavy (non-hydrogen) atoms. The molecule has 0 aromatic rings. The highest BCUT2D eigenvalue weighted by atomic mass is 32.2. The summed E-state index contributed by atoms with van der Waals surface area (Å²) in [6, 6.07) is -0.560. The van der Waals surface area contributed by atoms with Gasteiger partial charge in [-0.2, -0.15) is 4.31 Å². The first kappa shape index (κ1) is 16.4. The number of carbonyl (C=O) groups excluding carboxylic acids is 2. The first-order chi connectivity index (χ1) is 9.94. The molecular weight excluding hydrogens is 294 g/mol. The molecule has 2 heterocycles. The summed E-state index contributed by atoms with van der Waals surface area (Å²) in [5.41, 5.74) is 0. The molecule has 2 unspecified atom stereocenters. The maximum Gasteiger partial charge on any atom is 0.245 e. The number of hydrogen-bond acceptors (Lipinski definition) is 5. The second-order valence-corrected chi connectivity index (χ2v) is 7.67. The Hall–Kier alpha value is -0.990. The average molecular weight is 317 g/mol. The van der Waals surface area contributed by atoms with Crippen molar-refractivity contribution in [3.05, 3.63) is 0 Å². The van der Waals surface area contributed by atoms with Crippen LogP contribution in [0.2, 0.25) is 0 Å². The van der Waals surface area contributed by atoms with Crippen LogP contribution in [0, 0.1) is 0 Å². The summed E-state index contributed by atoms with van der Waals surface area (Å²) in [5.74, 6) is -1.10. The molecule has 2 aliphatic rings. The molecule has 0 aromatic heterocycles. The molecular formula is C13H23N3O4S. The zero-order valence-electron chi connectivity index (χ0n) is 12.3. The normalized spacial score (nSPS) is 28.4. The molecule has 0 bridgehead atoms. The summed E-state index contributed by atoms with van der Waals surface area (Å²) < 4.78 is 26.0. The lowest BCUT2D eigenvalue weighted by Crippen LogP contribution is -2.59. The Morgan fingerprint density at radius 3 is 2.67 bits per heavy atom. The molecule has 0 aliphatic carbocycles. The van der Waals surface area contributed by atoms with Crippen LogP contribution in [0.3, 0.4) is 0 Å². The summed E-state index contributed by atoms with van der Waals surface area (Å²) >= 11 is 0. The number of hydrogen-bond donors (Lipinski definition) is 2. The topological polar surface area (TPSA) is 95.6 Å². The van der Waals surface area contributed by atoms with Crippen LogP contribution in [0.25, 0.3) is 0 Å². The van der Waals surface area contributed by atoms with Crippen LogP contribution in [0.4, 0.5) is 0 Å². The molecule has 8 heteroatoms. The molecule has 2 atom stereocenters. The summed E-state index contributed by atoms with van der Waals surface area (Å²) in [5, 5.41) is 5.50. The first-order valence-corrected chi connectivity index (χ1v) is 9.11. The van der Waals surface area contributed by atoms with Crippen molar-refractivity contribution in [2.45, 2.75) is 51.1 Å². The lowest BCUT2D eigenvalue weighted by Gasteiger charge is -2.33. The number of carbonyl (C=O) groups is 2. The van der Waals surface area contributed by atoms with Crippen molar-refractivity contribution in [3.63, 3.8) is 0 Å². The smallest absolute Gasteiger partial charge is 0.245 e. The predicted molar refractivity (Wildman–Crippen MR) is 78.0 cm³/mol. The van der Waals surface area contributed by atoms with Gasteiger partial charge in [0.2, 0.25) is 21.8 Å². The third-order valence-corrected chi connectivity index (χ3v) is 5.94. The van der Waals surface area contributed by atoms with Gasteiger partial charge < -0.3 is 5.32 Å². The van der Waals surface area contributed by atoms with Gasteiger partial charge in [0.05, 0.1) is 12.3 Å². The predicted octanol–water partition coefficient (Wildman–Crippen LogP) is -0.415. The minimum Gasteiger partial charge on any atom is -0.314 e. The van der Waals surface area contributed by atoms with Crippen molar-refractivity contribution >= 4 is 21.8 Å². The standard InChI is InChI=1S/C13H23N3O4S/c1-2-11-13(18)15-12(17)9-16(11)21(19,20)8-6-10-5-3-4-7-14-10/h10-11,14H,2-9H2,1H3,(H,15,17,18). The number of imide groups is 1. The lowest BCUT2D eigenvalue weighted by atomic mass is 10.0. The monoisotopic (exact) mass is 317 g/mol. The molecule has 2 aliphatic heterocycles. The third-order valence-electron chi connectivity index (χ3n) is 4.09. The zero-order chi connectivity index (χ0) is 15.5. The van der Waals surface area contributed by atoms with Crippen molar-refractivity contribution in [1.29, 1.82) is 0 Å². The molecule has 0 spiro atoms. The van der Waals surface area contributed by atoms with Gasteiger partial charge in [-0.3, -0.25) is 14.9 Å². The second-order valence-electron chi connectivity index (χ2n) is 5.63. The van der Waals surface area contributed by atoms with Gasteiger partial charge in [0.15, 0.2) is 0 Å². The highest BCUT2D eigenvalue weighted by Crippen LogP contribution is 2.17. The molecule has 0 saturated carbocycles. The van der Waals surface area contributed by atoms with E-state index in [1.807, 2.05) is 0 Å². The van der Waals surface area contributed by atoms with Gasteiger partial charge in [-0.25, -0.2) is 8.42 Å². The van der Waals surface area contributed by atoms with E-state index in [2.05, 4.69) is 10.6 Å². The van der Waals surface area contributed by atoms with E-state index in [0.29, 0.717) is 12.8 Å². The van der Waals surface area contributed by atoms with Crippen LogP contribution in [-0.4, -0.2) is 55.5 Å². The van der Waals surface area contributed by atoms with E-state index in [1.165, 1.54) is 0 Å². The molecule has 2 amide bonds. The fraction of sp³-hybridized carbons (Fsp3) is 0.846. The summed E-state index contributed by atoms with van der Waals surface area (Å²) in [7, 11) is -3.60. The van der Waals surface area contributed by atoms with E-state index in [1.54, 1.807) is 6.92 Å². The Bertz CT molecular complexity index is 500. The Labute approximate surface area is 125 Å². The summed E-state index contributed by atoms with van der Waals surface area (Å²) in [6.45, 7) is 2.41. The van der Waals surface area contributed by atoms with E-state index in [0.717, 1.165) is 30.1 Å². The number of nitrogens with one attached hydrogen (secondary N) is 2. The summed E-state index contributed by atoms with van der Waals surface area (Å²) in [4.78, 5) is 23.2. The van der Waals surface area contributed by atoms with Crippen molar-refractivity contribution in [2.24, 2.45) is 0 Å². The van der Waals surface area contributed by atoms with Crippen LogP contribution in [0.5, 0.6) is 0 Å². The van der Waals surface area contributed by atoms with E-state index < -0.39 is 27.9 Å². The second kappa shape index (κ2) is 6.85. The number of piperidine rings is 1. The molecule has 2 rings (SSSR count). The third kappa shape index (κ3) is 4.02. The van der Waals surface area contributed by atoms with E-state index >= 15 is 0 Å². The van der Waals surface area contributed by atoms with Crippen molar-refractivity contribution in [3.8, 4) is 0 Å². The number of nitrogens with zero attached hydrogens (tertiary/aromatic N) is 1. The van der Waals surface area contributed by atoms with Crippen molar-refractivity contribution < 1.29 is 18.0 Å². The minimum absolute atomic E-state index is 0.0261. The summed E-state index contributed by atoms with van der Waals surface area (Å²) in [6.07, 6.45) is 4.10. The molecule has 2 saturated heterocycles. The average Bonchev–Trinajstić information content (AvgIpc) is 2.46. The number of piperazine rings is 1.